The van der Waals surface area contributed by atoms with Crippen LogP contribution >= 0.6 is 12.4 Å². The fourth-order valence-electron chi connectivity index (χ4n) is 1.68. The summed E-state index contributed by atoms with van der Waals surface area (Å²) in [5, 5.41) is 11.9. The maximum absolute atomic E-state index is 8.66. The third kappa shape index (κ3) is 1.48. The molecule has 2 heterocycles. The minimum atomic E-state index is 0. The zero-order chi connectivity index (χ0) is 6.97. The van der Waals surface area contributed by atoms with Crippen LogP contribution in [0.15, 0.2) is 0 Å². The first-order valence-electron chi connectivity index (χ1n) is 3.66. The van der Waals surface area contributed by atoms with E-state index in [0.717, 1.165) is 19.5 Å². The predicted molar refractivity (Wildman–Crippen MR) is 42.5 cm³/mol. The summed E-state index contributed by atoms with van der Waals surface area (Å²) in [4.78, 5) is 0. The van der Waals surface area contributed by atoms with Crippen LogP contribution in [0.4, 0.5) is 0 Å². The SMILES string of the molecule is Cl.N#CC1CC2CNCC1O2. The normalized spacial score (nSPS) is 40.8. The zero-order valence-corrected chi connectivity index (χ0v) is 6.93. The first-order chi connectivity index (χ1) is 4.90. The molecule has 3 unspecified atom stereocenters. The fraction of sp³-hybridized carbons (Fsp3) is 0.857. The summed E-state index contributed by atoms with van der Waals surface area (Å²) >= 11 is 0. The predicted octanol–water partition coefficient (Wildman–Crippen LogP) is 0.309. The van der Waals surface area contributed by atoms with E-state index in [1.807, 2.05) is 0 Å². The first-order valence-corrected chi connectivity index (χ1v) is 3.66. The standard InChI is InChI=1S/C7H10N2O.ClH/c8-2-5-1-6-3-9-4-7(5)10-6;/h5-7,9H,1,3-4H2;1H. The van der Waals surface area contributed by atoms with Crippen molar-refractivity contribution in [2.75, 3.05) is 13.1 Å². The highest BCUT2D eigenvalue weighted by atomic mass is 35.5. The van der Waals surface area contributed by atoms with E-state index in [0.29, 0.717) is 6.10 Å². The average Bonchev–Trinajstić information content (AvgIpc) is 2.26. The second kappa shape index (κ2) is 3.40. The van der Waals surface area contributed by atoms with Crippen molar-refractivity contribution in [2.24, 2.45) is 5.92 Å². The quantitative estimate of drug-likeness (QED) is 0.575. The highest BCUT2D eigenvalue weighted by molar-refractivity contribution is 5.85. The number of ether oxygens (including phenoxy) is 1. The van der Waals surface area contributed by atoms with E-state index in [-0.39, 0.29) is 24.4 Å². The Kier molecular flexibility index (Phi) is 2.72. The number of nitrogens with zero attached hydrogens (tertiary/aromatic N) is 1. The highest BCUT2D eigenvalue weighted by Crippen LogP contribution is 2.27. The van der Waals surface area contributed by atoms with E-state index < -0.39 is 0 Å². The molecule has 62 valence electrons. The molecule has 1 N–H and O–H groups in total. The van der Waals surface area contributed by atoms with Crippen LogP contribution in [-0.4, -0.2) is 25.3 Å². The van der Waals surface area contributed by atoms with Crippen molar-refractivity contribution in [3.63, 3.8) is 0 Å². The van der Waals surface area contributed by atoms with Crippen molar-refractivity contribution >= 4 is 12.4 Å². The highest BCUT2D eigenvalue weighted by Gasteiger charge is 2.37. The summed E-state index contributed by atoms with van der Waals surface area (Å²) in [6.45, 7) is 1.78. The van der Waals surface area contributed by atoms with Gasteiger partial charge in [0.15, 0.2) is 0 Å². The summed E-state index contributed by atoms with van der Waals surface area (Å²) in [5.41, 5.74) is 0. The van der Waals surface area contributed by atoms with Gasteiger partial charge in [-0.15, -0.1) is 12.4 Å². The van der Waals surface area contributed by atoms with Crippen LogP contribution in [0.1, 0.15) is 6.42 Å². The van der Waals surface area contributed by atoms with Crippen molar-refractivity contribution in [1.29, 1.82) is 5.26 Å². The van der Waals surface area contributed by atoms with Gasteiger partial charge in [-0.2, -0.15) is 5.26 Å². The molecule has 0 spiro atoms. The van der Waals surface area contributed by atoms with Crippen molar-refractivity contribution < 1.29 is 4.74 Å². The van der Waals surface area contributed by atoms with Crippen LogP contribution in [0.25, 0.3) is 0 Å². The number of hydrogen-bond donors (Lipinski definition) is 1. The Labute approximate surface area is 72.1 Å². The number of rotatable bonds is 0. The average molecular weight is 175 g/mol. The van der Waals surface area contributed by atoms with Gasteiger partial charge < -0.3 is 10.1 Å². The molecule has 2 rings (SSSR count). The van der Waals surface area contributed by atoms with E-state index in [2.05, 4.69) is 11.4 Å². The third-order valence-corrected chi connectivity index (χ3v) is 2.22. The van der Waals surface area contributed by atoms with Gasteiger partial charge in [-0.05, 0) is 6.42 Å². The number of nitriles is 1. The molecule has 3 nitrogen and oxygen atoms in total. The van der Waals surface area contributed by atoms with Crippen molar-refractivity contribution in [3.05, 3.63) is 0 Å². The molecule has 0 aliphatic carbocycles. The molecule has 2 saturated heterocycles. The lowest BCUT2D eigenvalue weighted by Gasteiger charge is -2.20. The van der Waals surface area contributed by atoms with Gasteiger partial charge in [0.05, 0.1) is 24.2 Å². The smallest absolute Gasteiger partial charge is 0.0862 e. The minimum Gasteiger partial charge on any atom is -0.371 e. The largest absolute Gasteiger partial charge is 0.371 e. The lowest BCUT2D eigenvalue weighted by molar-refractivity contribution is 0.0130. The van der Waals surface area contributed by atoms with Gasteiger partial charge >= 0.3 is 0 Å². The number of nitrogens with one attached hydrogen (secondary N) is 1. The van der Waals surface area contributed by atoms with Crippen molar-refractivity contribution in [3.8, 4) is 6.07 Å². The summed E-state index contributed by atoms with van der Waals surface area (Å²) < 4.78 is 5.52. The monoisotopic (exact) mass is 174 g/mol. The molecule has 4 heteroatoms. The van der Waals surface area contributed by atoms with E-state index in [1.165, 1.54) is 0 Å². The Hall–Kier alpha value is -0.300. The molecule has 0 aromatic heterocycles. The topological polar surface area (TPSA) is 45.0 Å². The van der Waals surface area contributed by atoms with Gasteiger partial charge in [0.1, 0.15) is 0 Å². The number of hydrogen-bond acceptors (Lipinski definition) is 3. The third-order valence-electron chi connectivity index (χ3n) is 2.22. The van der Waals surface area contributed by atoms with Crippen LogP contribution < -0.4 is 5.32 Å². The Morgan fingerprint density at radius 3 is 2.91 bits per heavy atom. The van der Waals surface area contributed by atoms with Crippen LogP contribution in [0.2, 0.25) is 0 Å². The van der Waals surface area contributed by atoms with Crippen molar-refractivity contribution in [2.45, 2.75) is 18.6 Å². The lowest BCUT2D eigenvalue weighted by atomic mass is 10.0. The molecule has 2 aliphatic rings. The van der Waals surface area contributed by atoms with Crippen LogP contribution in [0.3, 0.4) is 0 Å². The second-order valence-electron chi connectivity index (χ2n) is 2.93. The maximum Gasteiger partial charge on any atom is 0.0862 e. The number of halogens is 1. The van der Waals surface area contributed by atoms with Crippen LogP contribution in [-0.2, 0) is 4.74 Å². The molecule has 0 saturated carbocycles. The molecule has 0 radical (unpaired) electrons. The van der Waals surface area contributed by atoms with Gasteiger partial charge in [0, 0.05) is 13.1 Å². The van der Waals surface area contributed by atoms with Gasteiger partial charge in [0.2, 0.25) is 0 Å². The molecule has 2 bridgehead atoms. The Morgan fingerprint density at radius 2 is 2.27 bits per heavy atom. The molecular formula is C7H11ClN2O. The number of morpholine rings is 1. The second-order valence-corrected chi connectivity index (χ2v) is 2.93. The van der Waals surface area contributed by atoms with E-state index in [1.54, 1.807) is 0 Å². The Balaban J connectivity index is 0.000000605. The summed E-state index contributed by atoms with van der Waals surface area (Å²) in [6, 6.07) is 2.27. The number of fused-ring (bicyclic) bond motifs is 2. The first kappa shape index (κ1) is 8.79. The molecule has 3 atom stereocenters. The van der Waals surface area contributed by atoms with Crippen molar-refractivity contribution in [1.82, 2.24) is 5.32 Å². The molecule has 2 aliphatic heterocycles. The molecule has 0 aromatic carbocycles. The maximum atomic E-state index is 8.66. The van der Waals surface area contributed by atoms with E-state index in [9.17, 15) is 0 Å². The molecule has 11 heavy (non-hydrogen) atoms. The van der Waals surface area contributed by atoms with E-state index in [4.69, 9.17) is 10.00 Å². The molecule has 2 fully saturated rings. The summed E-state index contributed by atoms with van der Waals surface area (Å²) in [7, 11) is 0. The molecular weight excluding hydrogens is 164 g/mol. The van der Waals surface area contributed by atoms with Crippen LogP contribution in [0.5, 0.6) is 0 Å². The van der Waals surface area contributed by atoms with Gasteiger partial charge in [-0.1, -0.05) is 0 Å². The minimum absolute atomic E-state index is 0. The molecule has 0 amide bonds. The Bertz CT molecular complexity index is 180. The zero-order valence-electron chi connectivity index (χ0n) is 6.12. The Morgan fingerprint density at radius 1 is 1.45 bits per heavy atom. The van der Waals surface area contributed by atoms with Gasteiger partial charge in [-0.3, -0.25) is 0 Å². The van der Waals surface area contributed by atoms with Gasteiger partial charge in [-0.25, -0.2) is 0 Å². The van der Waals surface area contributed by atoms with E-state index >= 15 is 0 Å². The summed E-state index contributed by atoms with van der Waals surface area (Å²) in [6.07, 6.45) is 1.40. The lowest BCUT2D eigenvalue weighted by Crippen LogP contribution is -2.39. The van der Waals surface area contributed by atoms with Gasteiger partial charge in [0.25, 0.3) is 0 Å². The summed E-state index contributed by atoms with van der Waals surface area (Å²) in [5.74, 6) is 0.139. The van der Waals surface area contributed by atoms with Crippen LogP contribution in [0, 0.1) is 17.2 Å². The molecule has 0 aromatic rings. The fourth-order valence-corrected chi connectivity index (χ4v) is 1.68.